The lowest BCUT2D eigenvalue weighted by Crippen LogP contribution is -2.37. The van der Waals surface area contributed by atoms with Crippen LogP contribution in [0, 0.1) is 0 Å². The van der Waals surface area contributed by atoms with Crippen LogP contribution in [-0.4, -0.2) is 42.3 Å². The van der Waals surface area contributed by atoms with Gasteiger partial charge in [-0.2, -0.15) is 10.2 Å². The van der Waals surface area contributed by atoms with Crippen LogP contribution in [0.2, 0.25) is 0 Å². The third-order valence-corrected chi connectivity index (χ3v) is 7.29. The van der Waals surface area contributed by atoms with Gasteiger partial charge in [-0.25, -0.2) is 4.98 Å². The molecule has 168 valence electrons. The van der Waals surface area contributed by atoms with Gasteiger partial charge in [-0.05, 0) is 66.5 Å². The molecule has 0 bridgehead atoms. The Hall–Kier alpha value is -3.48. The molecule has 0 radical (unpaired) electrons. The lowest BCUT2D eigenvalue weighted by Gasteiger charge is -2.34. The Labute approximate surface area is 192 Å². The van der Waals surface area contributed by atoms with E-state index in [1.54, 1.807) is 6.92 Å². The minimum absolute atomic E-state index is 0.103. The molecule has 1 fully saturated rings. The Balaban J connectivity index is 1.32. The highest BCUT2D eigenvalue weighted by molar-refractivity contribution is 5.84. The van der Waals surface area contributed by atoms with E-state index in [0.29, 0.717) is 5.92 Å². The lowest BCUT2D eigenvalue weighted by molar-refractivity contribution is -0.131. The first-order valence-electron chi connectivity index (χ1n) is 11.7. The molecule has 2 aromatic heterocycles. The number of aromatic amines is 1. The fraction of sp³-hybridized carbons (Fsp3) is 0.385. The number of amides is 1. The molecule has 7 heteroatoms. The number of carbonyl (C=O) groups excluding carboxylic acids is 1. The number of hydrogen-bond donors (Lipinski definition) is 1. The fourth-order valence-corrected chi connectivity index (χ4v) is 5.36. The number of H-pyrrole nitrogens is 1. The van der Waals surface area contributed by atoms with E-state index in [0.717, 1.165) is 42.1 Å². The SMILES string of the molecule is CC(=O)N1CCc2cc(-c3nc(Cc4ccc5[nH]ncc5c4C4CC4)n(C)n3)ccc2C1C. The van der Waals surface area contributed by atoms with E-state index in [9.17, 15) is 4.79 Å². The highest BCUT2D eigenvalue weighted by Gasteiger charge is 2.29. The Kier molecular flexibility index (Phi) is 4.60. The number of carbonyl (C=O) groups is 1. The topological polar surface area (TPSA) is 79.7 Å². The van der Waals surface area contributed by atoms with E-state index in [1.165, 1.54) is 40.5 Å². The molecular formula is C26H28N6O. The summed E-state index contributed by atoms with van der Waals surface area (Å²) in [7, 11) is 1.98. The summed E-state index contributed by atoms with van der Waals surface area (Å²) in [5.41, 5.74) is 7.38. The Bertz CT molecular complexity index is 1380. The smallest absolute Gasteiger partial charge is 0.219 e. The highest BCUT2D eigenvalue weighted by Crippen LogP contribution is 2.45. The number of aryl methyl sites for hydroxylation is 1. The summed E-state index contributed by atoms with van der Waals surface area (Å²) in [6.07, 6.45) is 6.07. The summed E-state index contributed by atoms with van der Waals surface area (Å²) >= 11 is 0. The minimum atomic E-state index is 0.103. The van der Waals surface area contributed by atoms with Gasteiger partial charge in [-0.15, -0.1) is 0 Å². The van der Waals surface area contributed by atoms with Gasteiger partial charge in [0.1, 0.15) is 5.82 Å². The van der Waals surface area contributed by atoms with E-state index in [-0.39, 0.29) is 11.9 Å². The second-order valence-corrected chi connectivity index (χ2v) is 9.45. The number of aromatic nitrogens is 5. The Morgan fingerprint density at radius 3 is 2.85 bits per heavy atom. The average molecular weight is 441 g/mol. The van der Waals surface area contributed by atoms with Crippen molar-refractivity contribution in [1.29, 1.82) is 0 Å². The van der Waals surface area contributed by atoms with Crippen molar-refractivity contribution in [2.45, 2.75) is 51.5 Å². The summed E-state index contributed by atoms with van der Waals surface area (Å²) in [5.74, 6) is 2.48. The highest BCUT2D eigenvalue weighted by atomic mass is 16.2. The standard InChI is InChI=1S/C26H28N6O/c1-15-21-8-6-20(12-18(21)10-11-32(15)16(2)33)26-28-24(31(3)30-26)13-19-7-9-23-22(14-27-29-23)25(19)17-4-5-17/h6-9,12,14-15,17H,4-5,10-11,13H2,1-3H3,(H,27,29). The Morgan fingerprint density at radius 1 is 1.21 bits per heavy atom. The van der Waals surface area contributed by atoms with Crippen molar-refractivity contribution in [3.05, 3.63) is 64.6 Å². The maximum absolute atomic E-state index is 11.9. The summed E-state index contributed by atoms with van der Waals surface area (Å²) in [5, 5.41) is 13.3. The molecule has 1 saturated carbocycles. The van der Waals surface area contributed by atoms with Crippen molar-refractivity contribution in [1.82, 2.24) is 29.9 Å². The normalized spacial score (nSPS) is 18.0. The van der Waals surface area contributed by atoms with Crippen molar-refractivity contribution in [3.8, 4) is 11.4 Å². The van der Waals surface area contributed by atoms with E-state index in [1.807, 2.05) is 22.8 Å². The van der Waals surface area contributed by atoms with Gasteiger partial charge in [0.2, 0.25) is 5.91 Å². The monoisotopic (exact) mass is 440 g/mol. The summed E-state index contributed by atoms with van der Waals surface area (Å²) in [6.45, 7) is 4.51. The maximum atomic E-state index is 11.9. The van der Waals surface area contributed by atoms with E-state index in [2.05, 4.69) is 47.5 Å². The van der Waals surface area contributed by atoms with Crippen LogP contribution in [0.3, 0.4) is 0 Å². The zero-order valence-electron chi connectivity index (χ0n) is 19.3. The Morgan fingerprint density at radius 2 is 2.06 bits per heavy atom. The van der Waals surface area contributed by atoms with E-state index < -0.39 is 0 Å². The zero-order chi connectivity index (χ0) is 22.7. The third-order valence-electron chi connectivity index (χ3n) is 7.29. The molecule has 7 nitrogen and oxygen atoms in total. The molecular weight excluding hydrogens is 412 g/mol. The number of nitrogens with one attached hydrogen (secondary N) is 1. The molecule has 1 atom stereocenters. The number of benzene rings is 2. The molecule has 2 aliphatic rings. The summed E-state index contributed by atoms with van der Waals surface area (Å²) < 4.78 is 1.91. The van der Waals surface area contributed by atoms with Gasteiger partial charge < -0.3 is 4.90 Å². The van der Waals surface area contributed by atoms with Crippen LogP contribution in [0.4, 0.5) is 0 Å². The fourth-order valence-electron chi connectivity index (χ4n) is 5.36. The molecule has 1 amide bonds. The number of rotatable bonds is 4. The molecule has 6 rings (SSSR count). The molecule has 0 saturated heterocycles. The number of hydrogen-bond acceptors (Lipinski definition) is 4. The molecule has 1 aliphatic carbocycles. The molecule has 33 heavy (non-hydrogen) atoms. The van der Waals surface area contributed by atoms with Crippen LogP contribution >= 0.6 is 0 Å². The van der Waals surface area contributed by atoms with Crippen LogP contribution in [0.1, 0.15) is 66.7 Å². The minimum Gasteiger partial charge on any atom is -0.336 e. The molecule has 4 aromatic rings. The zero-order valence-corrected chi connectivity index (χ0v) is 19.3. The second kappa shape index (κ2) is 7.54. The molecule has 1 unspecified atom stereocenters. The van der Waals surface area contributed by atoms with Gasteiger partial charge in [0.05, 0.1) is 17.8 Å². The van der Waals surface area contributed by atoms with Gasteiger partial charge in [-0.1, -0.05) is 18.2 Å². The predicted octanol–water partition coefficient (Wildman–Crippen LogP) is 4.29. The van der Waals surface area contributed by atoms with Gasteiger partial charge in [0.15, 0.2) is 5.82 Å². The molecule has 3 heterocycles. The van der Waals surface area contributed by atoms with E-state index >= 15 is 0 Å². The van der Waals surface area contributed by atoms with Crippen LogP contribution in [0.5, 0.6) is 0 Å². The van der Waals surface area contributed by atoms with Crippen molar-refractivity contribution in [2.75, 3.05) is 6.54 Å². The number of nitrogens with zero attached hydrogens (tertiary/aromatic N) is 5. The molecule has 1 N–H and O–H groups in total. The maximum Gasteiger partial charge on any atom is 0.219 e. The van der Waals surface area contributed by atoms with Crippen LogP contribution < -0.4 is 0 Å². The van der Waals surface area contributed by atoms with Gasteiger partial charge in [-0.3, -0.25) is 14.6 Å². The van der Waals surface area contributed by atoms with Crippen LogP contribution in [-0.2, 0) is 24.7 Å². The van der Waals surface area contributed by atoms with Gasteiger partial charge in [0.25, 0.3) is 0 Å². The summed E-state index contributed by atoms with van der Waals surface area (Å²) in [4.78, 5) is 18.8. The molecule has 0 spiro atoms. The first-order chi connectivity index (χ1) is 16.0. The van der Waals surface area contributed by atoms with Crippen LogP contribution in [0.15, 0.2) is 36.5 Å². The van der Waals surface area contributed by atoms with Gasteiger partial charge >= 0.3 is 0 Å². The van der Waals surface area contributed by atoms with Crippen molar-refractivity contribution in [3.63, 3.8) is 0 Å². The summed E-state index contributed by atoms with van der Waals surface area (Å²) in [6, 6.07) is 10.9. The first kappa shape index (κ1) is 20.1. The molecule has 2 aromatic carbocycles. The largest absolute Gasteiger partial charge is 0.336 e. The average Bonchev–Trinajstić information content (AvgIpc) is 3.41. The number of fused-ring (bicyclic) bond motifs is 2. The van der Waals surface area contributed by atoms with Crippen LogP contribution in [0.25, 0.3) is 22.3 Å². The predicted molar refractivity (Wildman–Crippen MR) is 127 cm³/mol. The molecule has 1 aliphatic heterocycles. The van der Waals surface area contributed by atoms with Gasteiger partial charge in [0, 0.05) is 37.9 Å². The van der Waals surface area contributed by atoms with Crippen molar-refractivity contribution in [2.24, 2.45) is 7.05 Å². The lowest BCUT2D eigenvalue weighted by atomic mass is 9.91. The second-order valence-electron chi connectivity index (χ2n) is 9.45. The van der Waals surface area contributed by atoms with E-state index in [4.69, 9.17) is 10.1 Å². The first-order valence-corrected chi connectivity index (χ1v) is 11.7. The van der Waals surface area contributed by atoms with Crippen molar-refractivity contribution < 1.29 is 4.79 Å². The quantitative estimate of drug-likeness (QED) is 0.513. The van der Waals surface area contributed by atoms with Crippen molar-refractivity contribution >= 4 is 16.8 Å². The third kappa shape index (κ3) is 3.43.